The minimum absolute atomic E-state index is 0.120. The Morgan fingerprint density at radius 3 is 2.38 bits per heavy atom. The number of hydrogen-bond donors (Lipinski definition) is 1. The molecule has 0 bridgehead atoms. The Morgan fingerprint density at radius 1 is 1.10 bits per heavy atom. The van der Waals surface area contributed by atoms with E-state index in [0.717, 1.165) is 0 Å². The van der Waals surface area contributed by atoms with Crippen LogP contribution in [0.25, 0.3) is 0 Å². The lowest BCUT2D eigenvalue weighted by molar-refractivity contribution is -0.176. The van der Waals surface area contributed by atoms with Crippen LogP contribution in [0.3, 0.4) is 0 Å². The van der Waals surface area contributed by atoms with Crippen LogP contribution in [-0.2, 0) is 38.1 Å². The van der Waals surface area contributed by atoms with Gasteiger partial charge < -0.3 is 33.7 Å². The van der Waals surface area contributed by atoms with Crippen LogP contribution in [0, 0.1) is 17.8 Å². The molecule has 2 heterocycles. The fourth-order valence-corrected chi connectivity index (χ4v) is 3.71. The summed E-state index contributed by atoms with van der Waals surface area (Å²) < 4.78 is 32.2. The highest BCUT2D eigenvalue weighted by molar-refractivity contribution is 5.98. The summed E-state index contributed by atoms with van der Waals surface area (Å²) in [4.78, 5) is 67.4. The average Bonchev–Trinajstić information content (AvgIpc) is 2.94. The summed E-state index contributed by atoms with van der Waals surface area (Å²) in [5, 5.41) is 2.45. The van der Waals surface area contributed by atoms with Gasteiger partial charge in [0, 0.05) is 12.3 Å². The van der Waals surface area contributed by atoms with Crippen LogP contribution >= 0.6 is 0 Å². The summed E-state index contributed by atoms with van der Waals surface area (Å²) in [6.45, 7) is 8.89. The van der Waals surface area contributed by atoms with Gasteiger partial charge in [-0.3, -0.25) is 19.2 Å². The quantitative estimate of drug-likeness (QED) is 0.236. The van der Waals surface area contributed by atoms with E-state index in [1.807, 2.05) is 6.92 Å². The molecular formula is C27H38N2O11. The number of aromatic nitrogens is 1. The van der Waals surface area contributed by atoms with Gasteiger partial charge >= 0.3 is 23.9 Å². The molecule has 0 saturated carbocycles. The van der Waals surface area contributed by atoms with E-state index in [9.17, 15) is 24.0 Å². The van der Waals surface area contributed by atoms with Gasteiger partial charge in [-0.15, -0.1) is 0 Å². The first-order valence-electron chi connectivity index (χ1n) is 13.1. The van der Waals surface area contributed by atoms with E-state index < -0.39 is 79.2 Å². The minimum Gasteiger partial charge on any atom is -0.493 e. The molecule has 0 aromatic carbocycles. The van der Waals surface area contributed by atoms with Crippen LogP contribution in [0.5, 0.6) is 11.5 Å². The highest BCUT2D eigenvalue weighted by Gasteiger charge is 2.41. The molecule has 2 rings (SSSR count). The van der Waals surface area contributed by atoms with Crippen LogP contribution in [0.15, 0.2) is 12.3 Å². The first kappa shape index (κ1) is 32.3. The predicted octanol–water partition coefficient (Wildman–Crippen LogP) is 2.20. The maximum absolute atomic E-state index is 13.2. The van der Waals surface area contributed by atoms with Crippen LogP contribution in [-0.4, -0.2) is 73.5 Å². The van der Waals surface area contributed by atoms with Gasteiger partial charge in [0.2, 0.25) is 6.79 Å². The summed E-state index contributed by atoms with van der Waals surface area (Å²) in [5.41, 5.74) is -0.278. The molecule has 222 valence electrons. The standard InChI is InChI=1S/C27H38N2O11/c1-8-9-17-21(40-25(32)15(4)5)16(6)39-27(34)18(12-36-26(17)33)29-23(30)20-22(19(35-7)10-11-28-20)37-13-38-24(31)14(2)3/h10-11,14-18,21H,8-9,12-13H2,1-7H3,(H,29,30)/t16-,17+,18-,21-/m0/s1. The lowest BCUT2D eigenvalue weighted by Gasteiger charge is -2.29. The molecule has 1 amide bonds. The van der Waals surface area contributed by atoms with Gasteiger partial charge in [0.25, 0.3) is 5.91 Å². The Labute approximate surface area is 233 Å². The summed E-state index contributed by atoms with van der Waals surface area (Å²) in [7, 11) is 1.34. The van der Waals surface area contributed by atoms with Crippen molar-refractivity contribution in [3.8, 4) is 11.5 Å². The van der Waals surface area contributed by atoms with Gasteiger partial charge in [-0.25, -0.2) is 9.78 Å². The van der Waals surface area contributed by atoms with Crippen molar-refractivity contribution in [2.45, 2.75) is 72.6 Å². The van der Waals surface area contributed by atoms with Gasteiger partial charge in [-0.2, -0.15) is 0 Å². The van der Waals surface area contributed by atoms with E-state index in [1.54, 1.807) is 27.7 Å². The number of carbonyl (C=O) groups excluding carboxylic acids is 5. The van der Waals surface area contributed by atoms with Crippen LogP contribution in [0.4, 0.5) is 0 Å². The predicted molar refractivity (Wildman–Crippen MR) is 138 cm³/mol. The smallest absolute Gasteiger partial charge is 0.332 e. The van der Waals surface area contributed by atoms with Crippen molar-refractivity contribution in [3.63, 3.8) is 0 Å². The van der Waals surface area contributed by atoms with Crippen LogP contribution in [0.1, 0.15) is 64.9 Å². The number of amides is 1. The second-order valence-corrected chi connectivity index (χ2v) is 9.82. The maximum atomic E-state index is 13.2. The van der Waals surface area contributed by atoms with Crippen molar-refractivity contribution in [2.24, 2.45) is 17.8 Å². The lowest BCUT2D eigenvalue weighted by Crippen LogP contribution is -2.47. The SMILES string of the molecule is CCC[C@H]1C(=O)OC[C@H](NC(=O)c2nccc(OC)c2OCOC(=O)C(C)C)C(=O)O[C@@H](C)[C@@H]1OC(=O)C(C)C. The van der Waals surface area contributed by atoms with E-state index in [1.165, 1.54) is 26.3 Å². The monoisotopic (exact) mass is 566 g/mol. The maximum Gasteiger partial charge on any atom is 0.332 e. The van der Waals surface area contributed by atoms with Crippen LogP contribution < -0.4 is 14.8 Å². The number of nitrogens with zero attached hydrogens (tertiary/aromatic N) is 1. The molecule has 40 heavy (non-hydrogen) atoms. The Bertz CT molecular complexity index is 1070. The zero-order chi connectivity index (χ0) is 30.0. The van der Waals surface area contributed by atoms with Gasteiger partial charge in [-0.05, 0) is 13.3 Å². The normalized spacial score (nSPS) is 21.3. The Hall–Kier alpha value is -3.90. The lowest BCUT2D eigenvalue weighted by atomic mass is 9.93. The topological polar surface area (TPSA) is 166 Å². The second-order valence-electron chi connectivity index (χ2n) is 9.82. The average molecular weight is 567 g/mol. The Kier molecular flexibility index (Phi) is 12.1. The molecule has 1 N–H and O–H groups in total. The zero-order valence-electron chi connectivity index (χ0n) is 23.9. The number of cyclic esters (lactones) is 2. The number of nitrogens with one attached hydrogen (secondary N) is 1. The molecule has 1 aliphatic heterocycles. The van der Waals surface area contributed by atoms with Gasteiger partial charge in [0.1, 0.15) is 12.7 Å². The van der Waals surface area contributed by atoms with Gasteiger partial charge in [-0.1, -0.05) is 41.0 Å². The molecule has 1 aliphatic rings. The fraction of sp³-hybridized carbons (Fsp3) is 0.630. The summed E-state index contributed by atoms with van der Waals surface area (Å²) >= 11 is 0. The minimum atomic E-state index is -1.42. The zero-order valence-corrected chi connectivity index (χ0v) is 23.9. The van der Waals surface area contributed by atoms with Crippen molar-refractivity contribution >= 4 is 29.8 Å². The first-order valence-corrected chi connectivity index (χ1v) is 13.1. The van der Waals surface area contributed by atoms with Crippen molar-refractivity contribution in [2.75, 3.05) is 20.5 Å². The van der Waals surface area contributed by atoms with E-state index in [0.29, 0.717) is 12.8 Å². The van der Waals surface area contributed by atoms with E-state index >= 15 is 0 Å². The van der Waals surface area contributed by atoms with Crippen molar-refractivity contribution in [3.05, 3.63) is 18.0 Å². The summed E-state index contributed by atoms with van der Waals surface area (Å²) in [6, 6.07) is 0.0147. The number of carbonyl (C=O) groups is 5. The van der Waals surface area contributed by atoms with Gasteiger partial charge in [0.05, 0.1) is 24.9 Å². The molecule has 1 fully saturated rings. The molecule has 13 heteroatoms. The third-order valence-corrected chi connectivity index (χ3v) is 5.95. The molecule has 1 aromatic heterocycles. The Balaban J connectivity index is 2.28. The molecule has 0 radical (unpaired) electrons. The van der Waals surface area contributed by atoms with E-state index in [4.69, 9.17) is 28.4 Å². The van der Waals surface area contributed by atoms with Crippen molar-refractivity contribution in [1.82, 2.24) is 10.3 Å². The molecule has 1 saturated heterocycles. The van der Waals surface area contributed by atoms with Crippen LogP contribution in [0.2, 0.25) is 0 Å². The van der Waals surface area contributed by atoms with Crippen molar-refractivity contribution in [1.29, 1.82) is 0 Å². The number of methoxy groups -OCH3 is 1. The van der Waals surface area contributed by atoms with Gasteiger partial charge in [0.15, 0.2) is 29.3 Å². The number of rotatable bonds is 11. The molecule has 1 aromatic rings. The van der Waals surface area contributed by atoms with E-state index in [-0.39, 0.29) is 17.2 Å². The molecule has 0 aliphatic carbocycles. The summed E-state index contributed by atoms with van der Waals surface area (Å²) in [5.74, 6) is -5.30. The van der Waals surface area contributed by atoms with E-state index in [2.05, 4.69) is 10.3 Å². The molecule has 0 unspecified atom stereocenters. The summed E-state index contributed by atoms with van der Waals surface area (Å²) in [6.07, 6.45) is 0.0972. The largest absolute Gasteiger partial charge is 0.493 e. The molecule has 13 nitrogen and oxygen atoms in total. The molecule has 0 spiro atoms. The second kappa shape index (κ2) is 15.0. The third-order valence-electron chi connectivity index (χ3n) is 5.95. The number of ether oxygens (including phenoxy) is 6. The highest BCUT2D eigenvalue weighted by atomic mass is 16.7. The number of esters is 4. The molecular weight excluding hydrogens is 528 g/mol. The number of hydrogen-bond acceptors (Lipinski definition) is 12. The first-order chi connectivity index (χ1) is 18.9. The third kappa shape index (κ3) is 8.55. The molecule has 4 atom stereocenters. The highest BCUT2D eigenvalue weighted by Crippen LogP contribution is 2.30. The number of pyridine rings is 1. The Morgan fingerprint density at radius 2 is 1.77 bits per heavy atom. The fourth-order valence-electron chi connectivity index (χ4n) is 3.71. The van der Waals surface area contributed by atoms with Crippen molar-refractivity contribution < 1.29 is 52.4 Å².